The first-order chi connectivity index (χ1) is 7.25. The van der Waals surface area contributed by atoms with Gasteiger partial charge in [-0.25, -0.2) is 0 Å². The summed E-state index contributed by atoms with van der Waals surface area (Å²) in [6.07, 6.45) is 3.69. The van der Waals surface area contributed by atoms with E-state index in [0.717, 1.165) is 0 Å². The van der Waals surface area contributed by atoms with Crippen molar-refractivity contribution in [3.63, 3.8) is 0 Å². The second-order valence-corrected chi connectivity index (χ2v) is 4.92. The molecule has 1 aliphatic heterocycles. The quantitative estimate of drug-likeness (QED) is 0.753. The van der Waals surface area contributed by atoms with Gasteiger partial charge in [0, 0.05) is 31.2 Å². The molecule has 3 rings (SSSR count). The molecule has 0 radical (unpaired) electrons. The van der Waals surface area contributed by atoms with Crippen LogP contribution in [0, 0.1) is 0 Å². The second kappa shape index (κ2) is 3.24. The predicted octanol–water partition coefficient (Wildman–Crippen LogP) is 1.88. The highest BCUT2D eigenvalue weighted by Gasteiger charge is 2.35. The van der Waals surface area contributed by atoms with Crippen molar-refractivity contribution in [2.45, 2.75) is 31.2 Å². The van der Waals surface area contributed by atoms with Gasteiger partial charge in [-0.05, 0) is 36.5 Å². The molecule has 0 saturated heterocycles. The molecule has 0 aromatic heterocycles. The number of fused-ring (bicyclic) bond motifs is 1. The van der Waals surface area contributed by atoms with E-state index in [0.29, 0.717) is 12.0 Å². The van der Waals surface area contributed by atoms with Gasteiger partial charge in [0.05, 0.1) is 0 Å². The Morgan fingerprint density at radius 3 is 2.93 bits per heavy atom. The predicted molar refractivity (Wildman–Crippen MR) is 63.4 cm³/mol. The molecule has 2 heteroatoms. The normalized spacial score (nSPS) is 28.8. The first-order valence-electron chi connectivity index (χ1n) is 5.85. The smallest absolute Gasteiger partial charge is 0.0396 e. The van der Waals surface area contributed by atoms with Crippen molar-refractivity contribution in [1.29, 1.82) is 0 Å². The van der Waals surface area contributed by atoms with Crippen LogP contribution in [0.2, 0.25) is 0 Å². The summed E-state index contributed by atoms with van der Waals surface area (Å²) in [5, 5.41) is 0. The van der Waals surface area contributed by atoms with Gasteiger partial charge >= 0.3 is 0 Å². The van der Waals surface area contributed by atoms with E-state index in [-0.39, 0.29) is 0 Å². The highest BCUT2D eigenvalue weighted by atomic mass is 15.1. The number of nitrogens with two attached hydrogens (primary N) is 1. The first kappa shape index (κ1) is 9.22. The Bertz CT molecular complexity index is 386. The molecule has 2 unspecified atom stereocenters. The molecule has 2 N–H and O–H groups in total. The molecule has 0 amide bonds. The standard InChI is InChI=1S/C13H18N2/c1-15-6-2-3-10-7-9(4-5-13(10)15)11-8-12(11)14/h4-5,7,11-12H,2-3,6,8,14H2,1H3. The van der Waals surface area contributed by atoms with Crippen molar-refractivity contribution in [3.05, 3.63) is 29.3 Å². The van der Waals surface area contributed by atoms with Crippen LogP contribution < -0.4 is 10.6 Å². The van der Waals surface area contributed by atoms with E-state index in [9.17, 15) is 0 Å². The van der Waals surface area contributed by atoms with E-state index in [1.54, 1.807) is 0 Å². The third-order valence-electron chi connectivity index (χ3n) is 3.72. The van der Waals surface area contributed by atoms with Crippen LogP contribution in [0.5, 0.6) is 0 Å². The fraction of sp³-hybridized carbons (Fsp3) is 0.538. The zero-order valence-corrected chi connectivity index (χ0v) is 9.24. The van der Waals surface area contributed by atoms with Crippen molar-refractivity contribution in [2.24, 2.45) is 5.73 Å². The maximum Gasteiger partial charge on any atom is 0.0396 e. The Morgan fingerprint density at radius 2 is 2.20 bits per heavy atom. The van der Waals surface area contributed by atoms with Crippen LogP contribution in [-0.4, -0.2) is 19.6 Å². The highest BCUT2D eigenvalue weighted by molar-refractivity contribution is 5.57. The van der Waals surface area contributed by atoms with E-state index >= 15 is 0 Å². The number of hydrogen-bond acceptors (Lipinski definition) is 2. The van der Waals surface area contributed by atoms with E-state index in [2.05, 4.69) is 30.1 Å². The minimum absolute atomic E-state index is 0.421. The summed E-state index contributed by atoms with van der Waals surface area (Å²) in [5.41, 5.74) is 10.3. The Hall–Kier alpha value is -1.02. The summed E-state index contributed by atoms with van der Waals surface area (Å²) in [7, 11) is 2.18. The molecule has 1 fully saturated rings. The molecule has 1 aromatic carbocycles. The number of anilines is 1. The zero-order valence-electron chi connectivity index (χ0n) is 9.24. The lowest BCUT2D eigenvalue weighted by molar-refractivity contribution is 0.742. The summed E-state index contributed by atoms with van der Waals surface area (Å²) in [6, 6.07) is 7.33. The van der Waals surface area contributed by atoms with Crippen molar-refractivity contribution in [2.75, 3.05) is 18.5 Å². The molecular weight excluding hydrogens is 184 g/mol. The molecule has 1 saturated carbocycles. The van der Waals surface area contributed by atoms with E-state index in [1.807, 2.05) is 0 Å². The van der Waals surface area contributed by atoms with Crippen molar-refractivity contribution >= 4 is 5.69 Å². The molecule has 15 heavy (non-hydrogen) atoms. The highest BCUT2D eigenvalue weighted by Crippen LogP contribution is 2.41. The summed E-state index contributed by atoms with van der Waals surface area (Å²) in [5.74, 6) is 0.641. The maximum absolute atomic E-state index is 5.89. The molecule has 2 atom stereocenters. The van der Waals surface area contributed by atoms with Gasteiger partial charge < -0.3 is 10.6 Å². The van der Waals surface area contributed by atoms with Crippen LogP contribution >= 0.6 is 0 Å². The van der Waals surface area contributed by atoms with Crippen LogP contribution in [-0.2, 0) is 6.42 Å². The average molecular weight is 202 g/mol. The third-order valence-corrected chi connectivity index (χ3v) is 3.72. The summed E-state index contributed by atoms with van der Waals surface area (Å²) in [4.78, 5) is 2.36. The minimum Gasteiger partial charge on any atom is -0.374 e. The molecule has 1 heterocycles. The summed E-state index contributed by atoms with van der Waals surface area (Å²) in [6.45, 7) is 1.19. The van der Waals surface area contributed by atoms with Gasteiger partial charge in [-0.3, -0.25) is 0 Å². The number of rotatable bonds is 1. The van der Waals surface area contributed by atoms with Gasteiger partial charge in [-0.15, -0.1) is 0 Å². The van der Waals surface area contributed by atoms with Crippen LogP contribution in [0.25, 0.3) is 0 Å². The number of aryl methyl sites for hydroxylation is 1. The van der Waals surface area contributed by atoms with E-state index in [4.69, 9.17) is 5.73 Å². The van der Waals surface area contributed by atoms with Crippen LogP contribution in [0.3, 0.4) is 0 Å². The summed E-state index contributed by atoms with van der Waals surface area (Å²) < 4.78 is 0. The lowest BCUT2D eigenvalue weighted by Gasteiger charge is -2.27. The fourth-order valence-electron chi connectivity index (χ4n) is 2.63. The Labute approximate surface area is 91.1 Å². The van der Waals surface area contributed by atoms with Gasteiger partial charge in [0.15, 0.2) is 0 Å². The molecule has 1 aromatic rings. The monoisotopic (exact) mass is 202 g/mol. The minimum atomic E-state index is 0.421. The van der Waals surface area contributed by atoms with Gasteiger partial charge in [0.1, 0.15) is 0 Å². The Morgan fingerprint density at radius 1 is 1.40 bits per heavy atom. The number of hydrogen-bond donors (Lipinski definition) is 1. The van der Waals surface area contributed by atoms with Crippen molar-refractivity contribution < 1.29 is 0 Å². The molecule has 2 nitrogen and oxygen atoms in total. The molecule has 80 valence electrons. The molecule has 0 bridgehead atoms. The first-order valence-corrected chi connectivity index (χ1v) is 5.85. The number of nitrogens with zero attached hydrogens (tertiary/aromatic N) is 1. The van der Waals surface area contributed by atoms with E-state index in [1.165, 1.54) is 42.6 Å². The van der Waals surface area contributed by atoms with Gasteiger partial charge in [0.2, 0.25) is 0 Å². The van der Waals surface area contributed by atoms with Gasteiger partial charge in [-0.2, -0.15) is 0 Å². The number of benzene rings is 1. The fourth-order valence-corrected chi connectivity index (χ4v) is 2.63. The molecule has 1 aliphatic carbocycles. The molecule has 2 aliphatic rings. The van der Waals surface area contributed by atoms with Crippen LogP contribution in [0.1, 0.15) is 29.9 Å². The molecule has 0 spiro atoms. The zero-order chi connectivity index (χ0) is 10.4. The van der Waals surface area contributed by atoms with E-state index < -0.39 is 0 Å². The van der Waals surface area contributed by atoms with Gasteiger partial charge in [0.25, 0.3) is 0 Å². The van der Waals surface area contributed by atoms with Crippen LogP contribution in [0.4, 0.5) is 5.69 Å². The lowest BCUT2D eigenvalue weighted by Crippen LogP contribution is -2.24. The van der Waals surface area contributed by atoms with Crippen LogP contribution in [0.15, 0.2) is 18.2 Å². The third kappa shape index (κ3) is 1.53. The lowest BCUT2D eigenvalue weighted by atomic mass is 9.98. The average Bonchev–Trinajstić information content (AvgIpc) is 2.95. The van der Waals surface area contributed by atoms with Crippen molar-refractivity contribution in [3.8, 4) is 0 Å². The molecular formula is C13H18N2. The maximum atomic E-state index is 5.89. The second-order valence-electron chi connectivity index (χ2n) is 4.92. The summed E-state index contributed by atoms with van der Waals surface area (Å²) >= 11 is 0. The Balaban J connectivity index is 1.95. The van der Waals surface area contributed by atoms with Gasteiger partial charge in [-0.1, -0.05) is 12.1 Å². The topological polar surface area (TPSA) is 29.3 Å². The largest absolute Gasteiger partial charge is 0.374 e. The SMILES string of the molecule is CN1CCCc2cc(C3CC3N)ccc21. The Kier molecular flexibility index (Phi) is 1.99. The van der Waals surface area contributed by atoms with Crippen molar-refractivity contribution in [1.82, 2.24) is 0 Å².